The number of rotatable bonds is 15. The van der Waals surface area contributed by atoms with E-state index < -0.39 is 5.97 Å². The number of allylic oxidation sites excluding steroid dienone is 5. The monoisotopic (exact) mass is 475 g/mol. The molecule has 2 N–H and O–H groups in total. The van der Waals surface area contributed by atoms with Crippen molar-refractivity contribution in [2.24, 2.45) is 5.92 Å². The summed E-state index contributed by atoms with van der Waals surface area (Å²) in [5, 5.41) is 11.4. The third kappa shape index (κ3) is 10.9. The lowest BCUT2D eigenvalue weighted by molar-refractivity contribution is -0.136. The Hall–Kier alpha value is -2.34. The molecule has 1 rings (SSSR count). The molecule has 33 heavy (non-hydrogen) atoms. The van der Waals surface area contributed by atoms with Crippen LogP contribution in [0.4, 0.5) is 0 Å². The van der Waals surface area contributed by atoms with Gasteiger partial charge in [-0.25, -0.2) is 0 Å². The van der Waals surface area contributed by atoms with E-state index in [0.29, 0.717) is 4.88 Å². The molecule has 1 heterocycles. The highest BCUT2D eigenvalue weighted by molar-refractivity contribution is 7.14. The van der Waals surface area contributed by atoms with Crippen molar-refractivity contribution in [2.75, 3.05) is 6.54 Å². The van der Waals surface area contributed by atoms with Crippen LogP contribution < -0.4 is 5.32 Å². The van der Waals surface area contributed by atoms with E-state index in [1.165, 1.54) is 22.5 Å². The number of nitrogens with one attached hydrogen (secondary N) is 1. The van der Waals surface area contributed by atoms with E-state index in [0.717, 1.165) is 42.7 Å². The minimum absolute atomic E-state index is 0.0903. The summed E-state index contributed by atoms with van der Waals surface area (Å²) in [6.07, 6.45) is 11.2. The van der Waals surface area contributed by atoms with Gasteiger partial charge in [-0.2, -0.15) is 0 Å². The zero-order valence-corrected chi connectivity index (χ0v) is 21.9. The molecule has 0 bridgehead atoms. The van der Waals surface area contributed by atoms with E-state index in [-0.39, 0.29) is 30.9 Å². The van der Waals surface area contributed by atoms with Crippen LogP contribution in [-0.4, -0.2) is 23.5 Å². The van der Waals surface area contributed by atoms with Gasteiger partial charge in [0.25, 0.3) is 5.91 Å². The lowest BCUT2D eigenvalue weighted by atomic mass is 9.98. The lowest BCUT2D eigenvalue weighted by Crippen LogP contribution is -2.25. The average Bonchev–Trinajstić information content (AvgIpc) is 3.21. The molecule has 184 valence electrons. The third-order valence-electron chi connectivity index (χ3n) is 5.18. The molecular formula is C27H41NO4S. The van der Waals surface area contributed by atoms with Gasteiger partial charge in [0.2, 0.25) is 0 Å². The quantitative estimate of drug-likeness (QED) is 0.157. The number of carboxylic acids is 1. The fraction of sp³-hybridized carbons (Fsp3) is 0.556. The van der Waals surface area contributed by atoms with Crippen molar-refractivity contribution in [3.05, 3.63) is 57.0 Å². The van der Waals surface area contributed by atoms with Gasteiger partial charge in [0.15, 0.2) is 0 Å². The van der Waals surface area contributed by atoms with Crippen LogP contribution in [0, 0.1) is 5.92 Å². The van der Waals surface area contributed by atoms with Crippen LogP contribution >= 0.6 is 11.3 Å². The van der Waals surface area contributed by atoms with Crippen molar-refractivity contribution in [1.82, 2.24) is 5.32 Å². The summed E-state index contributed by atoms with van der Waals surface area (Å²) in [6, 6.07) is 3.76. The molecule has 0 aromatic carbocycles. The van der Waals surface area contributed by atoms with Crippen molar-refractivity contribution in [2.45, 2.75) is 86.2 Å². The van der Waals surface area contributed by atoms with Crippen molar-refractivity contribution in [1.29, 1.82) is 0 Å². The van der Waals surface area contributed by atoms with E-state index in [1.807, 2.05) is 6.07 Å². The van der Waals surface area contributed by atoms with Gasteiger partial charge in [-0.05, 0) is 69.7 Å². The van der Waals surface area contributed by atoms with Crippen molar-refractivity contribution < 1.29 is 19.4 Å². The number of hydrogen-bond donors (Lipinski definition) is 2. The molecule has 0 radical (unpaired) electrons. The van der Waals surface area contributed by atoms with Crippen LogP contribution in [0.15, 0.2) is 47.3 Å². The van der Waals surface area contributed by atoms with Gasteiger partial charge in [0.1, 0.15) is 11.9 Å². The Morgan fingerprint density at radius 1 is 1.12 bits per heavy atom. The van der Waals surface area contributed by atoms with Crippen LogP contribution in [0.2, 0.25) is 0 Å². The highest BCUT2D eigenvalue weighted by Crippen LogP contribution is 2.36. The first kappa shape index (κ1) is 28.7. The maximum Gasteiger partial charge on any atom is 0.305 e. The van der Waals surface area contributed by atoms with Crippen molar-refractivity contribution in [3.8, 4) is 0 Å². The zero-order chi connectivity index (χ0) is 24.8. The number of carbonyl (C=O) groups is 2. The molecule has 0 aliphatic rings. The first-order valence-corrected chi connectivity index (χ1v) is 12.8. The number of carboxylic acid groups (broad SMARTS) is 1. The van der Waals surface area contributed by atoms with Crippen LogP contribution in [0.1, 0.15) is 101 Å². The van der Waals surface area contributed by atoms with Gasteiger partial charge < -0.3 is 15.2 Å². The third-order valence-corrected chi connectivity index (χ3v) is 6.33. The van der Waals surface area contributed by atoms with E-state index in [1.54, 1.807) is 6.07 Å². The topological polar surface area (TPSA) is 75.6 Å². The van der Waals surface area contributed by atoms with Crippen LogP contribution in [-0.2, 0) is 9.53 Å². The van der Waals surface area contributed by atoms with E-state index in [9.17, 15) is 9.59 Å². The predicted molar refractivity (Wildman–Crippen MR) is 138 cm³/mol. The van der Waals surface area contributed by atoms with Gasteiger partial charge in [0.05, 0.1) is 11.3 Å². The standard InChI is InChI=1S/C27H41NO4S/c1-7-10-19(4)17-20(5)18-22(12-9-3)32-26(21(6)11-8-2)23-13-14-24(33-23)27(31)28-16-15-25(29)30/h10,12-14,18,21,26H,7-9,11,15-17H2,1-6H3,(H,28,31)(H,29,30)/b19-10+,20-18-,22-12+. The summed E-state index contributed by atoms with van der Waals surface area (Å²) in [5.41, 5.74) is 2.61. The second kappa shape index (κ2) is 15.5. The minimum Gasteiger partial charge on any atom is -0.485 e. The maximum atomic E-state index is 12.4. The lowest BCUT2D eigenvalue weighted by Gasteiger charge is -2.25. The van der Waals surface area contributed by atoms with Gasteiger partial charge in [0, 0.05) is 11.4 Å². The Morgan fingerprint density at radius 3 is 2.42 bits per heavy atom. The van der Waals surface area contributed by atoms with Crippen molar-refractivity contribution in [3.63, 3.8) is 0 Å². The van der Waals surface area contributed by atoms with E-state index in [4.69, 9.17) is 9.84 Å². The fourth-order valence-electron chi connectivity index (χ4n) is 3.70. The first-order chi connectivity index (χ1) is 15.7. The molecule has 0 saturated carbocycles. The summed E-state index contributed by atoms with van der Waals surface area (Å²) in [7, 11) is 0. The molecule has 0 saturated heterocycles. The zero-order valence-electron chi connectivity index (χ0n) is 21.1. The number of aliphatic carboxylic acids is 1. The Balaban J connectivity index is 3.08. The highest BCUT2D eigenvalue weighted by atomic mass is 32.1. The largest absolute Gasteiger partial charge is 0.485 e. The molecule has 1 aromatic rings. The van der Waals surface area contributed by atoms with Crippen molar-refractivity contribution >= 4 is 23.2 Å². The molecule has 2 unspecified atom stereocenters. The summed E-state index contributed by atoms with van der Waals surface area (Å²) in [6.45, 7) is 13.0. The molecule has 0 aliphatic heterocycles. The van der Waals surface area contributed by atoms with Crippen LogP contribution in [0.3, 0.4) is 0 Å². The Morgan fingerprint density at radius 2 is 1.82 bits per heavy atom. The average molecular weight is 476 g/mol. The molecule has 1 amide bonds. The number of ether oxygens (including phenoxy) is 1. The SMILES string of the molecule is CC/C=C(\C)C/C(C)=C\C(=C/CC)OC(c1ccc(C(=O)NCCC(=O)O)s1)C(C)CCC. The summed E-state index contributed by atoms with van der Waals surface area (Å²) in [4.78, 5) is 24.7. The highest BCUT2D eigenvalue weighted by Gasteiger charge is 2.24. The minimum atomic E-state index is -0.928. The van der Waals surface area contributed by atoms with Gasteiger partial charge >= 0.3 is 5.97 Å². The summed E-state index contributed by atoms with van der Waals surface area (Å²) < 4.78 is 6.58. The Bertz CT molecular complexity index is 850. The molecule has 2 atom stereocenters. The second-order valence-corrected chi connectivity index (χ2v) is 9.66. The number of amides is 1. The molecule has 1 aromatic heterocycles. The molecule has 0 fully saturated rings. The predicted octanol–water partition coefficient (Wildman–Crippen LogP) is 7.43. The van der Waals surface area contributed by atoms with E-state index >= 15 is 0 Å². The maximum absolute atomic E-state index is 12.4. The van der Waals surface area contributed by atoms with Crippen LogP contribution in [0.5, 0.6) is 0 Å². The number of hydrogen-bond acceptors (Lipinski definition) is 4. The smallest absolute Gasteiger partial charge is 0.305 e. The Kier molecular flexibility index (Phi) is 13.5. The first-order valence-electron chi connectivity index (χ1n) is 12.0. The molecular weight excluding hydrogens is 434 g/mol. The van der Waals surface area contributed by atoms with Gasteiger partial charge in [-0.15, -0.1) is 11.3 Å². The van der Waals surface area contributed by atoms with Gasteiger partial charge in [-0.1, -0.05) is 51.3 Å². The summed E-state index contributed by atoms with van der Waals surface area (Å²) >= 11 is 1.42. The Labute approximate surface area is 203 Å². The number of thiophene rings is 1. The molecule has 0 spiro atoms. The fourth-order valence-corrected chi connectivity index (χ4v) is 4.79. The summed E-state index contributed by atoms with van der Waals surface area (Å²) in [5.74, 6) is -0.0176. The molecule has 0 aliphatic carbocycles. The van der Waals surface area contributed by atoms with Crippen LogP contribution in [0.25, 0.3) is 0 Å². The second-order valence-electron chi connectivity index (χ2n) is 8.55. The van der Waals surface area contributed by atoms with E-state index in [2.05, 4.69) is 65.1 Å². The van der Waals surface area contributed by atoms with Gasteiger partial charge in [-0.3, -0.25) is 9.59 Å². The number of carbonyl (C=O) groups excluding carboxylic acids is 1. The normalized spacial score (nSPS) is 14.7. The molecule has 5 nitrogen and oxygen atoms in total. The molecule has 6 heteroatoms.